The number of imidazole rings is 1. The highest BCUT2D eigenvalue weighted by molar-refractivity contribution is 7.88. The molecular weight excluding hydrogens is 668 g/mol. The maximum atomic E-state index is 12.9. The van der Waals surface area contributed by atoms with Gasteiger partial charge in [0, 0.05) is 73.9 Å². The number of benzene rings is 3. The third kappa shape index (κ3) is 9.12. The van der Waals surface area contributed by atoms with Gasteiger partial charge in [0.25, 0.3) is 0 Å². The van der Waals surface area contributed by atoms with Gasteiger partial charge in [-0.25, -0.2) is 21.9 Å². The Kier molecular flexibility index (Phi) is 11.7. The van der Waals surface area contributed by atoms with Gasteiger partial charge in [0.15, 0.2) is 5.78 Å². The Bertz CT molecular complexity index is 2160. The maximum Gasteiger partial charge on any atom is 0.330 e. The van der Waals surface area contributed by atoms with E-state index in [0.717, 1.165) is 91.5 Å². The van der Waals surface area contributed by atoms with Crippen molar-refractivity contribution in [2.75, 3.05) is 53.4 Å². The molecule has 12 heteroatoms. The van der Waals surface area contributed by atoms with E-state index < -0.39 is 10.0 Å². The lowest BCUT2D eigenvalue weighted by molar-refractivity contribution is 0.0975. The minimum absolute atomic E-state index is 0.0404. The van der Waals surface area contributed by atoms with Crippen LogP contribution in [0.15, 0.2) is 83.8 Å². The van der Waals surface area contributed by atoms with Crippen LogP contribution in [0, 0.1) is 5.82 Å². The van der Waals surface area contributed by atoms with Crippen LogP contribution in [0.25, 0.3) is 27.6 Å². The lowest BCUT2D eigenvalue weighted by atomic mass is 10.1. The molecule has 0 spiro atoms. The highest BCUT2D eigenvalue weighted by Crippen LogP contribution is 2.24. The van der Waals surface area contributed by atoms with Gasteiger partial charge in [-0.15, -0.1) is 0 Å². The molecule has 0 bridgehead atoms. The molecule has 1 saturated heterocycles. The fourth-order valence-corrected chi connectivity index (χ4v) is 8.42. The summed E-state index contributed by atoms with van der Waals surface area (Å²) in [7, 11) is 0.928. The first-order chi connectivity index (χ1) is 24.6. The lowest BCUT2D eigenvalue weighted by Gasteiger charge is -2.26. The Hall–Kier alpha value is -4.36. The van der Waals surface area contributed by atoms with Crippen molar-refractivity contribution < 1.29 is 17.6 Å². The van der Waals surface area contributed by atoms with Gasteiger partial charge in [-0.2, -0.15) is 0 Å². The minimum atomic E-state index is -3.19. The number of hydrogen-bond acceptors (Lipinski definition) is 6. The first-order valence-corrected chi connectivity index (χ1v) is 19.3. The number of sulfonamides is 1. The van der Waals surface area contributed by atoms with Crippen LogP contribution in [-0.2, 0) is 22.2 Å². The van der Waals surface area contributed by atoms with E-state index in [0.29, 0.717) is 25.1 Å². The van der Waals surface area contributed by atoms with E-state index in [2.05, 4.69) is 39.9 Å². The number of Topliss-reactive ketones (excluding diaryl/α,β-unsaturated/α-hetero) is 1. The van der Waals surface area contributed by atoms with Crippen molar-refractivity contribution >= 4 is 43.4 Å². The Morgan fingerprint density at radius 1 is 0.961 bits per heavy atom. The number of likely N-dealkylation sites (N-methyl/N-ethyl adjacent to an activating group) is 1. The van der Waals surface area contributed by atoms with Crippen LogP contribution in [0.4, 0.5) is 4.39 Å². The van der Waals surface area contributed by atoms with Crippen molar-refractivity contribution in [3.63, 3.8) is 0 Å². The zero-order valence-corrected chi connectivity index (χ0v) is 30.2. The number of fused-ring (bicyclic) bond motifs is 2. The van der Waals surface area contributed by atoms with Crippen molar-refractivity contribution in [1.29, 1.82) is 0 Å². The molecule has 10 nitrogen and oxygen atoms in total. The normalized spacial score (nSPS) is 15.7. The molecule has 0 amide bonds. The van der Waals surface area contributed by atoms with E-state index in [1.165, 1.54) is 29.8 Å². The fraction of sp³-hybridized carbons (Fsp3) is 0.385. The first kappa shape index (κ1) is 36.4. The standard InChI is InChI=1S/C22H22FN3O2.C17H25N3O2S/c23-17-9-7-16(8-10-17)21(27)6-3-13-25-14-11-18(12-15-25)26-20-5-2-1-4-19(20)24-22(26)28;1-19(2)10-7-15-12-18-17-6-5-14(11-16(15)17)13-23(21,22)20-8-3-4-9-20/h1-2,4-5,7-11H,3,6,12-15H2,(H,24,28);5-6,11-12,18H,3-4,7-10,13H2,1-2H3. The molecular formula is C39H47FN6O4S. The molecule has 2 aromatic heterocycles. The first-order valence-electron chi connectivity index (χ1n) is 17.7. The van der Waals surface area contributed by atoms with Crippen molar-refractivity contribution in [3.05, 3.63) is 112 Å². The molecule has 3 aromatic carbocycles. The van der Waals surface area contributed by atoms with E-state index >= 15 is 0 Å². The summed E-state index contributed by atoms with van der Waals surface area (Å²) in [5.41, 5.74) is 6.39. The summed E-state index contributed by atoms with van der Waals surface area (Å²) in [6, 6.07) is 19.3. The number of aromatic nitrogens is 3. The monoisotopic (exact) mass is 714 g/mol. The molecule has 0 radical (unpaired) electrons. The van der Waals surface area contributed by atoms with Crippen molar-refractivity contribution in [2.24, 2.45) is 0 Å². The number of nitrogens with one attached hydrogen (secondary N) is 2. The predicted octanol–water partition coefficient (Wildman–Crippen LogP) is 5.88. The molecule has 2 N–H and O–H groups in total. The van der Waals surface area contributed by atoms with Crippen molar-refractivity contribution in [3.8, 4) is 0 Å². The number of halogens is 1. The number of hydrogen-bond donors (Lipinski definition) is 2. The van der Waals surface area contributed by atoms with Crippen molar-refractivity contribution in [2.45, 2.75) is 44.3 Å². The van der Waals surface area contributed by atoms with Gasteiger partial charge in [0.05, 0.1) is 16.8 Å². The van der Waals surface area contributed by atoms with Gasteiger partial charge in [-0.1, -0.05) is 24.3 Å². The fourth-order valence-electron chi connectivity index (χ4n) is 6.82. The van der Waals surface area contributed by atoms with Crippen LogP contribution in [0.5, 0.6) is 0 Å². The number of rotatable bonds is 12. The lowest BCUT2D eigenvalue weighted by Crippen LogP contribution is -2.32. The summed E-state index contributed by atoms with van der Waals surface area (Å²) >= 11 is 0. The van der Waals surface area contributed by atoms with Crippen molar-refractivity contribution in [1.82, 2.24) is 28.6 Å². The zero-order chi connectivity index (χ0) is 36.0. The molecule has 5 aromatic rings. The Balaban J connectivity index is 0.000000179. The molecule has 4 heterocycles. The van der Waals surface area contributed by atoms with E-state index in [1.54, 1.807) is 8.87 Å². The molecule has 1 fully saturated rings. The summed E-state index contributed by atoms with van der Waals surface area (Å²) in [4.78, 5) is 35.1. The Labute approximate surface area is 298 Å². The summed E-state index contributed by atoms with van der Waals surface area (Å²) in [6.07, 6.45) is 9.02. The quantitative estimate of drug-likeness (QED) is 0.156. The summed E-state index contributed by atoms with van der Waals surface area (Å²) in [5.74, 6) is -0.193. The zero-order valence-electron chi connectivity index (χ0n) is 29.4. The largest absolute Gasteiger partial charge is 0.361 e. The highest BCUT2D eigenvalue weighted by atomic mass is 32.2. The highest BCUT2D eigenvalue weighted by Gasteiger charge is 2.25. The molecule has 0 aliphatic carbocycles. The third-order valence-corrected chi connectivity index (χ3v) is 11.5. The predicted molar refractivity (Wildman–Crippen MR) is 202 cm³/mol. The third-order valence-electron chi connectivity index (χ3n) is 9.66. The average Bonchev–Trinajstić information content (AvgIpc) is 3.87. The second kappa shape index (κ2) is 16.3. The summed E-state index contributed by atoms with van der Waals surface area (Å²) < 4.78 is 41.3. The van der Waals surface area contributed by atoms with E-state index in [-0.39, 0.29) is 23.0 Å². The van der Waals surface area contributed by atoms with Crippen LogP contribution >= 0.6 is 0 Å². The SMILES string of the molecule is CN(C)CCc1c[nH]c2ccc(CS(=O)(=O)N3CCCC3)cc12.O=C(CCCN1CC=C(n2c(=O)[nH]c3ccccc32)CC1)c1ccc(F)cc1. The minimum Gasteiger partial charge on any atom is -0.361 e. The second-order valence-electron chi connectivity index (χ2n) is 13.7. The number of nitrogens with zero attached hydrogens (tertiary/aromatic N) is 4. The van der Waals surface area contributed by atoms with Gasteiger partial charge in [0.2, 0.25) is 10.0 Å². The molecule has 0 saturated carbocycles. The van der Waals surface area contributed by atoms with Gasteiger partial charge >= 0.3 is 5.69 Å². The Morgan fingerprint density at radius 3 is 2.45 bits per heavy atom. The second-order valence-corrected chi connectivity index (χ2v) is 15.6. The van der Waals surface area contributed by atoms with Crippen LogP contribution in [0.1, 0.15) is 53.6 Å². The number of carbonyl (C=O) groups excluding carboxylic acids is 1. The molecule has 2 aliphatic rings. The maximum absolute atomic E-state index is 12.9. The molecule has 0 unspecified atom stereocenters. The molecule has 51 heavy (non-hydrogen) atoms. The Morgan fingerprint density at radius 2 is 1.73 bits per heavy atom. The van der Waals surface area contributed by atoms with E-state index in [1.807, 2.05) is 48.7 Å². The molecule has 270 valence electrons. The van der Waals surface area contributed by atoms with E-state index in [9.17, 15) is 22.4 Å². The van der Waals surface area contributed by atoms with Crippen LogP contribution in [0.2, 0.25) is 0 Å². The van der Waals surface area contributed by atoms with Gasteiger partial charge in [0.1, 0.15) is 5.82 Å². The van der Waals surface area contributed by atoms with Gasteiger partial charge < -0.3 is 14.9 Å². The molecule has 7 rings (SSSR count). The van der Waals surface area contributed by atoms with Gasteiger partial charge in [-0.3, -0.25) is 14.3 Å². The summed E-state index contributed by atoms with van der Waals surface area (Å²) in [5, 5.41) is 1.14. The smallest absolute Gasteiger partial charge is 0.330 e. The van der Waals surface area contributed by atoms with E-state index in [4.69, 9.17) is 0 Å². The number of carbonyl (C=O) groups is 1. The summed E-state index contributed by atoms with van der Waals surface area (Å²) in [6.45, 7) is 4.74. The number of para-hydroxylation sites is 2. The topological polar surface area (TPSA) is 115 Å². The number of aromatic amines is 2. The molecule has 2 aliphatic heterocycles. The van der Waals surface area contributed by atoms with Crippen LogP contribution in [0.3, 0.4) is 0 Å². The number of H-pyrrole nitrogens is 2. The number of ketones is 1. The average molecular weight is 715 g/mol. The molecule has 0 atom stereocenters. The van der Waals surface area contributed by atoms with Crippen LogP contribution in [-0.4, -0.2) is 96.2 Å². The van der Waals surface area contributed by atoms with Crippen LogP contribution < -0.4 is 5.69 Å². The van der Waals surface area contributed by atoms with Gasteiger partial charge in [-0.05, 0) is 106 Å².